The number of aromatic nitrogens is 1. The lowest BCUT2D eigenvalue weighted by molar-refractivity contribution is -0.131. The molecule has 0 aliphatic carbocycles. The summed E-state index contributed by atoms with van der Waals surface area (Å²) in [5, 5.41) is 0. The van der Waals surface area contributed by atoms with Gasteiger partial charge in [-0.05, 0) is 30.5 Å². The van der Waals surface area contributed by atoms with Gasteiger partial charge in [-0.25, -0.2) is 4.79 Å². The largest absolute Gasteiger partial charge is 0.420 e. The molecule has 1 aromatic heterocycles. The molecule has 1 fully saturated rings. The van der Waals surface area contributed by atoms with Crippen LogP contribution in [0.2, 0.25) is 0 Å². The van der Waals surface area contributed by atoms with Crippen molar-refractivity contribution in [1.29, 1.82) is 0 Å². The molecule has 0 bridgehead atoms. The molecule has 1 aliphatic heterocycles. The minimum atomic E-state index is -0.310. The molecule has 4 rings (SSSR count). The van der Waals surface area contributed by atoms with Crippen LogP contribution in [-0.4, -0.2) is 28.5 Å². The van der Waals surface area contributed by atoms with E-state index in [2.05, 4.69) is 0 Å². The van der Waals surface area contributed by atoms with Crippen LogP contribution < -0.4 is 5.76 Å². The van der Waals surface area contributed by atoms with E-state index in [0.717, 1.165) is 23.9 Å². The number of piperidine rings is 1. The topological polar surface area (TPSA) is 55.5 Å². The van der Waals surface area contributed by atoms with Crippen LogP contribution >= 0.6 is 0 Å². The van der Waals surface area contributed by atoms with Crippen molar-refractivity contribution in [2.45, 2.75) is 25.3 Å². The molecule has 5 nitrogen and oxygen atoms in total. The number of oxazole rings is 1. The van der Waals surface area contributed by atoms with Crippen molar-refractivity contribution in [3.8, 4) is 0 Å². The molecule has 128 valence electrons. The average molecular weight is 336 g/mol. The number of rotatable bonds is 3. The van der Waals surface area contributed by atoms with Crippen LogP contribution in [-0.2, 0) is 11.2 Å². The molecule has 1 amide bonds. The number of amides is 1. The van der Waals surface area contributed by atoms with Crippen LogP contribution in [0, 0.1) is 0 Å². The minimum absolute atomic E-state index is 0.0805. The molecule has 2 aromatic carbocycles. The van der Waals surface area contributed by atoms with Gasteiger partial charge in [0.15, 0.2) is 5.58 Å². The maximum absolute atomic E-state index is 12.5. The predicted octanol–water partition coefficient (Wildman–Crippen LogP) is 3.00. The fourth-order valence-corrected chi connectivity index (χ4v) is 3.59. The Morgan fingerprint density at radius 2 is 1.68 bits per heavy atom. The van der Waals surface area contributed by atoms with E-state index >= 15 is 0 Å². The van der Waals surface area contributed by atoms with Gasteiger partial charge < -0.3 is 9.32 Å². The van der Waals surface area contributed by atoms with E-state index in [-0.39, 0.29) is 17.7 Å². The number of carbonyl (C=O) groups is 1. The summed E-state index contributed by atoms with van der Waals surface area (Å²) in [6, 6.07) is 17.4. The number of para-hydroxylation sites is 2. The summed E-state index contributed by atoms with van der Waals surface area (Å²) in [7, 11) is 0. The summed E-state index contributed by atoms with van der Waals surface area (Å²) in [5.41, 5.74) is 2.49. The molecule has 2 heterocycles. The Morgan fingerprint density at radius 3 is 2.44 bits per heavy atom. The molecule has 0 radical (unpaired) electrons. The molecular formula is C20H20N2O3. The smallest absolute Gasteiger partial charge is 0.408 e. The first-order valence-electron chi connectivity index (χ1n) is 8.64. The fourth-order valence-electron chi connectivity index (χ4n) is 3.59. The van der Waals surface area contributed by atoms with Crippen LogP contribution in [0.3, 0.4) is 0 Å². The van der Waals surface area contributed by atoms with Gasteiger partial charge in [-0.2, -0.15) is 0 Å². The third-order valence-electron chi connectivity index (χ3n) is 4.90. The fraction of sp³-hybridized carbons (Fsp3) is 0.300. The number of likely N-dealkylation sites (tertiary alicyclic amines) is 1. The van der Waals surface area contributed by atoms with E-state index in [4.69, 9.17) is 4.42 Å². The molecule has 3 aromatic rings. The van der Waals surface area contributed by atoms with Gasteiger partial charge >= 0.3 is 5.76 Å². The molecule has 0 atom stereocenters. The predicted molar refractivity (Wildman–Crippen MR) is 95.5 cm³/mol. The second-order valence-corrected chi connectivity index (χ2v) is 6.48. The van der Waals surface area contributed by atoms with Crippen molar-refractivity contribution in [3.63, 3.8) is 0 Å². The van der Waals surface area contributed by atoms with Crippen molar-refractivity contribution >= 4 is 17.0 Å². The van der Waals surface area contributed by atoms with Crippen molar-refractivity contribution < 1.29 is 9.21 Å². The monoisotopic (exact) mass is 336 g/mol. The van der Waals surface area contributed by atoms with Crippen LogP contribution in [0.4, 0.5) is 0 Å². The van der Waals surface area contributed by atoms with Gasteiger partial charge in [-0.1, -0.05) is 42.5 Å². The first-order chi connectivity index (χ1) is 12.2. The van der Waals surface area contributed by atoms with Gasteiger partial charge in [0.25, 0.3) is 0 Å². The first kappa shape index (κ1) is 15.7. The third kappa shape index (κ3) is 3.09. The number of hydrogen-bond donors (Lipinski definition) is 0. The third-order valence-corrected chi connectivity index (χ3v) is 4.90. The molecule has 0 N–H and O–H groups in total. The van der Waals surface area contributed by atoms with Gasteiger partial charge in [0.05, 0.1) is 11.9 Å². The molecular weight excluding hydrogens is 316 g/mol. The van der Waals surface area contributed by atoms with Crippen LogP contribution in [0.5, 0.6) is 0 Å². The van der Waals surface area contributed by atoms with Crippen molar-refractivity contribution in [2.24, 2.45) is 0 Å². The zero-order chi connectivity index (χ0) is 17.2. The van der Waals surface area contributed by atoms with Crippen LogP contribution in [0.15, 0.2) is 63.8 Å². The van der Waals surface area contributed by atoms with E-state index in [1.807, 2.05) is 59.5 Å². The van der Waals surface area contributed by atoms with E-state index in [1.165, 1.54) is 0 Å². The number of fused-ring (bicyclic) bond motifs is 1. The normalized spacial score (nSPS) is 15.6. The summed E-state index contributed by atoms with van der Waals surface area (Å²) < 4.78 is 7.08. The lowest BCUT2D eigenvalue weighted by atomic mass is 10.0. The van der Waals surface area contributed by atoms with E-state index in [0.29, 0.717) is 25.1 Å². The van der Waals surface area contributed by atoms with Crippen molar-refractivity contribution in [3.05, 3.63) is 70.7 Å². The summed E-state index contributed by atoms with van der Waals surface area (Å²) >= 11 is 0. The standard InChI is InChI=1S/C20H20N2O3/c23-19(14-15-6-2-1-3-7-15)21-12-10-16(11-13-21)22-17-8-4-5-9-18(17)25-20(22)24/h1-9,16H,10-14H2. The van der Waals surface area contributed by atoms with E-state index < -0.39 is 0 Å². The molecule has 0 spiro atoms. The van der Waals surface area contributed by atoms with Crippen molar-refractivity contribution in [2.75, 3.05) is 13.1 Å². The van der Waals surface area contributed by atoms with Gasteiger partial charge in [0.1, 0.15) is 0 Å². The Bertz CT molecular complexity index is 934. The maximum Gasteiger partial charge on any atom is 0.420 e. The highest BCUT2D eigenvalue weighted by atomic mass is 16.4. The summed E-state index contributed by atoms with van der Waals surface area (Å²) in [5.74, 6) is -0.163. The molecule has 5 heteroatoms. The lowest BCUT2D eigenvalue weighted by Gasteiger charge is -2.32. The second kappa shape index (κ2) is 6.59. The number of carbonyl (C=O) groups excluding carboxylic acids is 1. The van der Waals surface area contributed by atoms with E-state index in [1.54, 1.807) is 4.57 Å². The average Bonchev–Trinajstić information content (AvgIpc) is 2.98. The summed E-state index contributed by atoms with van der Waals surface area (Å²) in [6.45, 7) is 1.34. The maximum atomic E-state index is 12.5. The molecule has 0 unspecified atom stereocenters. The SMILES string of the molecule is O=C(Cc1ccccc1)N1CCC(n2c(=O)oc3ccccc32)CC1. The van der Waals surface area contributed by atoms with Crippen LogP contribution in [0.1, 0.15) is 24.4 Å². The zero-order valence-corrected chi connectivity index (χ0v) is 13.9. The lowest BCUT2D eigenvalue weighted by Crippen LogP contribution is -2.41. The highest BCUT2D eigenvalue weighted by Crippen LogP contribution is 2.26. The van der Waals surface area contributed by atoms with E-state index in [9.17, 15) is 9.59 Å². The number of nitrogens with zero attached hydrogens (tertiary/aromatic N) is 2. The molecule has 0 saturated carbocycles. The van der Waals surface area contributed by atoms with Crippen LogP contribution in [0.25, 0.3) is 11.1 Å². The second-order valence-electron chi connectivity index (χ2n) is 6.48. The number of benzene rings is 2. The quantitative estimate of drug-likeness (QED) is 0.739. The Balaban J connectivity index is 1.45. The Hall–Kier alpha value is -2.82. The van der Waals surface area contributed by atoms with Gasteiger partial charge in [0.2, 0.25) is 5.91 Å². The van der Waals surface area contributed by atoms with Gasteiger partial charge in [-0.15, -0.1) is 0 Å². The molecule has 25 heavy (non-hydrogen) atoms. The highest BCUT2D eigenvalue weighted by molar-refractivity contribution is 5.79. The van der Waals surface area contributed by atoms with Crippen molar-refractivity contribution in [1.82, 2.24) is 9.47 Å². The zero-order valence-electron chi connectivity index (χ0n) is 13.9. The molecule has 1 aliphatic rings. The van der Waals surface area contributed by atoms with Gasteiger partial charge in [-0.3, -0.25) is 9.36 Å². The summed E-state index contributed by atoms with van der Waals surface area (Å²) in [4.78, 5) is 26.6. The Kier molecular flexibility index (Phi) is 4.14. The Labute approximate surface area is 145 Å². The number of hydrogen-bond acceptors (Lipinski definition) is 3. The van der Waals surface area contributed by atoms with Gasteiger partial charge in [0, 0.05) is 19.1 Å². The summed E-state index contributed by atoms with van der Waals surface area (Å²) in [6.07, 6.45) is 1.97. The highest BCUT2D eigenvalue weighted by Gasteiger charge is 2.26. The first-order valence-corrected chi connectivity index (χ1v) is 8.64. The Morgan fingerprint density at radius 1 is 1.00 bits per heavy atom. The molecule has 1 saturated heterocycles. The minimum Gasteiger partial charge on any atom is -0.408 e.